The molecule has 0 bridgehead atoms. The van der Waals surface area contributed by atoms with Gasteiger partial charge in [0.15, 0.2) is 11.5 Å². The first-order chi connectivity index (χ1) is 16.5. The predicted molar refractivity (Wildman–Crippen MR) is 132 cm³/mol. The van der Waals surface area contributed by atoms with Gasteiger partial charge in [-0.05, 0) is 35.7 Å². The molecule has 1 saturated heterocycles. The third-order valence-corrected chi connectivity index (χ3v) is 7.02. The molecule has 2 aliphatic rings. The number of carbonyl (C=O) groups excluding carboxylic acids is 1. The minimum absolute atomic E-state index is 0.0394. The summed E-state index contributed by atoms with van der Waals surface area (Å²) in [6.45, 7) is 9.21. The Morgan fingerprint density at radius 2 is 1.97 bits per heavy atom. The molecule has 2 aliphatic heterocycles. The first kappa shape index (κ1) is 23.1. The summed E-state index contributed by atoms with van der Waals surface area (Å²) in [5.74, 6) is 1.90. The number of hydrogen-bond donors (Lipinski definition) is 0. The fraction of sp³-hybridized carbons (Fsp3) is 0.462. The van der Waals surface area contributed by atoms with Crippen molar-refractivity contribution in [2.24, 2.45) is 5.92 Å². The van der Waals surface area contributed by atoms with E-state index in [1.165, 1.54) is 4.70 Å². The van der Waals surface area contributed by atoms with Crippen LogP contribution in [0.5, 0.6) is 11.5 Å². The normalized spacial score (nSPS) is 18.4. The van der Waals surface area contributed by atoms with Crippen molar-refractivity contribution in [2.45, 2.75) is 33.0 Å². The molecule has 3 heterocycles. The van der Waals surface area contributed by atoms with E-state index < -0.39 is 6.10 Å². The van der Waals surface area contributed by atoms with Crippen molar-refractivity contribution in [3.05, 3.63) is 53.0 Å². The second-order valence-corrected chi connectivity index (χ2v) is 10.4. The van der Waals surface area contributed by atoms with Crippen LogP contribution >= 0.6 is 11.3 Å². The SMILES string of the molecule is CC(C)CN(Cc1ccc2c(c1)OCCO2)C(=O)C1CN(Cc2nc3ccccc3s2)CCO1. The highest BCUT2D eigenvalue weighted by atomic mass is 32.1. The van der Waals surface area contributed by atoms with Gasteiger partial charge in [-0.25, -0.2) is 4.98 Å². The Morgan fingerprint density at radius 3 is 2.79 bits per heavy atom. The van der Waals surface area contributed by atoms with Crippen LogP contribution in [-0.4, -0.2) is 66.2 Å². The molecule has 2 aromatic carbocycles. The van der Waals surface area contributed by atoms with E-state index in [-0.39, 0.29) is 5.91 Å². The van der Waals surface area contributed by atoms with E-state index >= 15 is 0 Å². The van der Waals surface area contributed by atoms with Crippen molar-refractivity contribution < 1.29 is 19.0 Å². The summed E-state index contributed by atoms with van der Waals surface area (Å²) in [4.78, 5) is 22.5. The van der Waals surface area contributed by atoms with E-state index in [0.717, 1.165) is 40.7 Å². The maximum Gasteiger partial charge on any atom is 0.253 e. The molecule has 0 N–H and O–H groups in total. The lowest BCUT2D eigenvalue weighted by molar-refractivity contribution is -0.151. The third kappa shape index (κ3) is 5.35. The standard InChI is InChI=1S/C26H31N3O4S/c1-18(2)14-29(15-19-7-8-21-22(13-19)33-12-11-32-21)26(30)23-16-28(9-10-31-23)17-25-27-20-5-3-4-6-24(20)34-25/h3-8,13,18,23H,9-12,14-17H2,1-2H3. The van der Waals surface area contributed by atoms with Gasteiger partial charge >= 0.3 is 0 Å². The van der Waals surface area contributed by atoms with Gasteiger partial charge in [-0.2, -0.15) is 0 Å². The number of aromatic nitrogens is 1. The first-order valence-electron chi connectivity index (χ1n) is 11.9. The highest BCUT2D eigenvalue weighted by Crippen LogP contribution is 2.31. The van der Waals surface area contributed by atoms with Gasteiger partial charge in [0.25, 0.3) is 5.91 Å². The molecule has 0 saturated carbocycles. The number of fused-ring (bicyclic) bond motifs is 2. The van der Waals surface area contributed by atoms with Crippen LogP contribution in [-0.2, 0) is 22.6 Å². The Morgan fingerprint density at radius 1 is 1.15 bits per heavy atom. The number of thiazole rings is 1. The van der Waals surface area contributed by atoms with Crippen LogP contribution in [0.15, 0.2) is 42.5 Å². The monoisotopic (exact) mass is 481 g/mol. The zero-order valence-corrected chi connectivity index (χ0v) is 20.6. The van der Waals surface area contributed by atoms with Crippen molar-refractivity contribution in [1.82, 2.24) is 14.8 Å². The number of rotatable bonds is 7. The van der Waals surface area contributed by atoms with Gasteiger partial charge in [0, 0.05) is 26.2 Å². The summed E-state index contributed by atoms with van der Waals surface area (Å²) < 4.78 is 18.5. The molecule has 1 fully saturated rings. The van der Waals surface area contributed by atoms with Crippen LogP contribution in [0.1, 0.15) is 24.4 Å². The van der Waals surface area contributed by atoms with Gasteiger partial charge in [-0.3, -0.25) is 9.69 Å². The Bertz CT molecular complexity index is 1120. The molecule has 3 aromatic rings. The van der Waals surface area contributed by atoms with Crippen LogP contribution in [0, 0.1) is 5.92 Å². The lowest BCUT2D eigenvalue weighted by Gasteiger charge is -2.35. The molecule has 0 spiro atoms. The topological polar surface area (TPSA) is 64.1 Å². The molecular weight excluding hydrogens is 450 g/mol. The minimum atomic E-state index is -0.473. The number of nitrogens with zero attached hydrogens (tertiary/aromatic N) is 3. The molecule has 5 rings (SSSR count). The van der Waals surface area contributed by atoms with Gasteiger partial charge in [0.05, 0.1) is 23.4 Å². The second-order valence-electron chi connectivity index (χ2n) is 9.26. The fourth-order valence-electron chi connectivity index (χ4n) is 4.46. The maximum atomic E-state index is 13.6. The van der Waals surface area contributed by atoms with Gasteiger partial charge in [-0.15, -0.1) is 11.3 Å². The number of para-hydroxylation sites is 1. The number of carbonyl (C=O) groups is 1. The first-order valence-corrected chi connectivity index (χ1v) is 12.7. The van der Waals surface area contributed by atoms with Crippen LogP contribution in [0.2, 0.25) is 0 Å². The van der Waals surface area contributed by atoms with E-state index in [4.69, 9.17) is 19.2 Å². The minimum Gasteiger partial charge on any atom is -0.486 e. The molecule has 34 heavy (non-hydrogen) atoms. The quantitative estimate of drug-likeness (QED) is 0.509. The molecule has 1 aromatic heterocycles. The zero-order chi connectivity index (χ0) is 23.5. The summed E-state index contributed by atoms with van der Waals surface area (Å²) in [7, 11) is 0. The molecule has 7 nitrogen and oxygen atoms in total. The number of amides is 1. The molecular formula is C26H31N3O4S. The lowest BCUT2D eigenvalue weighted by Crippen LogP contribution is -2.51. The van der Waals surface area contributed by atoms with E-state index in [1.54, 1.807) is 11.3 Å². The molecule has 1 unspecified atom stereocenters. The lowest BCUT2D eigenvalue weighted by atomic mass is 10.1. The smallest absolute Gasteiger partial charge is 0.253 e. The van der Waals surface area contributed by atoms with Crippen molar-refractivity contribution >= 4 is 27.5 Å². The van der Waals surface area contributed by atoms with Gasteiger partial charge in [0.2, 0.25) is 0 Å². The van der Waals surface area contributed by atoms with Crippen molar-refractivity contribution in [1.29, 1.82) is 0 Å². The molecule has 1 amide bonds. The van der Waals surface area contributed by atoms with E-state index in [9.17, 15) is 4.79 Å². The van der Waals surface area contributed by atoms with Crippen molar-refractivity contribution in [3.63, 3.8) is 0 Å². The van der Waals surface area contributed by atoms with Crippen LogP contribution < -0.4 is 9.47 Å². The van der Waals surface area contributed by atoms with E-state index in [1.807, 2.05) is 41.3 Å². The summed E-state index contributed by atoms with van der Waals surface area (Å²) in [5, 5.41) is 1.07. The second kappa shape index (κ2) is 10.3. The van der Waals surface area contributed by atoms with Crippen LogP contribution in [0.4, 0.5) is 0 Å². The Hall–Kier alpha value is -2.68. The predicted octanol–water partition coefficient (Wildman–Crippen LogP) is 3.95. The molecule has 180 valence electrons. The summed E-state index contributed by atoms with van der Waals surface area (Å²) in [5.41, 5.74) is 2.06. The number of morpholine rings is 1. The highest BCUT2D eigenvalue weighted by Gasteiger charge is 2.31. The third-order valence-electron chi connectivity index (χ3n) is 6.00. The van der Waals surface area contributed by atoms with Crippen LogP contribution in [0.25, 0.3) is 10.2 Å². The number of hydrogen-bond acceptors (Lipinski definition) is 7. The number of ether oxygens (including phenoxy) is 3. The summed E-state index contributed by atoms with van der Waals surface area (Å²) >= 11 is 1.72. The van der Waals surface area contributed by atoms with Crippen molar-refractivity contribution in [2.75, 3.05) is 39.5 Å². The largest absolute Gasteiger partial charge is 0.486 e. The molecule has 1 atom stereocenters. The molecule has 8 heteroatoms. The van der Waals surface area contributed by atoms with E-state index in [0.29, 0.717) is 45.4 Å². The zero-order valence-electron chi connectivity index (χ0n) is 19.7. The average Bonchev–Trinajstić information content (AvgIpc) is 3.25. The Labute approximate surface area is 204 Å². The van der Waals surface area contributed by atoms with Crippen LogP contribution in [0.3, 0.4) is 0 Å². The number of benzene rings is 2. The Balaban J connectivity index is 1.26. The van der Waals surface area contributed by atoms with E-state index in [2.05, 4.69) is 24.8 Å². The summed E-state index contributed by atoms with van der Waals surface area (Å²) in [6.07, 6.45) is -0.473. The fourth-order valence-corrected chi connectivity index (χ4v) is 5.47. The van der Waals surface area contributed by atoms with Gasteiger partial charge < -0.3 is 19.1 Å². The highest BCUT2D eigenvalue weighted by molar-refractivity contribution is 7.18. The van der Waals surface area contributed by atoms with Gasteiger partial charge in [0.1, 0.15) is 24.3 Å². The Kier molecular flexibility index (Phi) is 6.99. The molecule has 0 radical (unpaired) electrons. The average molecular weight is 482 g/mol. The maximum absolute atomic E-state index is 13.6. The summed E-state index contributed by atoms with van der Waals surface area (Å²) in [6, 6.07) is 14.1. The van der Waals surface area contributed by atoms with Gasteiger partial charge in [-0.1, -0.05) is 32.0 Å². The van der Waals surface area contributed by atoms with Crippen molar-refractivity contribution in [3.8, 4) is 11.5 Å². The molecule has 0 aliphatic carbocycles.